The second-order valence-corrected chi connectivity index (χ2v) is 25.6. The molecule has 2 aromatic heterocycles. The maximum atomic E-state index is 14.9. The highest BCUT2D eigenvalue weighted by atomic mass is 32.2. The summed E-state index contributed by atoms with van der Waals surface area (Å²) in [5.74, 6) is -2.36. The number of carbonyl (C=O) groups is 2. The van der Waals surface area contributed by atoms with Crippen molar-refractivity contribution in [2.24, 2.45) is 22.3 Å². The van der Waals surface area contributed by atoms with Crippen molar-refractivity contribution in [3.63, 3.8) is 0 Å². The number of aliphatic hydroxyl groups excluding tert-OH is 1. The molecule has 24 heteroatoms. The number of halogens is 6. The first-order chi connectivity index (χ1) is 39.3. The molecule has 0 unspecified atom stereocenters. The summed E-state index contributed by atoms with van der Waals surface area (Å²) < 4.78 is 112. The number of sulfone groups is 1. The lowest BCUT2D eigenvalue weighted by molar-refractivity contribution is 0.0704. The zero-order chi connectivity index (χ0) is 60.4. The number of hydrogen-bond acceptors (Lipinski definition) is 11. The van der Waals surface area contributed by atoms with Crippen molar-refractivity contribution in [2.75, 3.05) is 64.2 Å². The number of nitrogens with zero attached hydrogens (tertiary/aromatic N) is 10. The molecule has 0 saturated carbocycles. The molecule has 5 N–H and O–H groups in total. The summed E-state index contributed by atoms with van der Waals surface area (Å²) in [6.07, 6.45) is 1.76. The Morgan fingerprint density at radius 3 is 1.47 bits per heavy atom. The molecule has 2 aliphatic rings. The van der Waals surface area contributed by atoms with Crippen LogP contribution >= 0.6 is 0 Å². The largest absolute Gasteiger partial charge is 0.394 e. The van der Waals surface area contributed by atoms with Crippen molar-refractivity contribution in [1.29, 1.82) is 0 Å². The van der Waals surface area contributed by atoms with Gasteiger partial charge in [0.15, 0.2) is 33.1 Å². The maximum absolute atomic E-state index is 14.9. The van der Waals surface area contributed by atoms with Gasteiger partial charge < -0.3 is 36.2 Å². The van der Waals surface area contributed by atoms with E-state index >= 15 is 0 Å². The molecule has 450 valence electrons. The molecule has 8 rings (SSSR count). The number of aliphatic hydroxyl groups is 1. The Bertz CT molecular complexity index is 3220. The summed E-state index contributed by atoms with van der Waals surface area (Å²) in [5, 5.41) is 19.1. The van der Waals surface area contributed by atoms with Gasteiger partial charge in [-0.15, -0.1) is 0 Å². The smallest absolute Gasteiger partial charge is 0.320 e. The fourth-order valence-corrected chi connectivity index (χ4v) is 11.6. The molecular formula is C59H76F6N12O5S. The van der Waals surface area contributed by atoms with E-state index in [9.17, 15) is 49.5 Å². The van der Waals surface area contributed by atoms with Crippen molar-refractivity contribution in [2.45, 2.75) is 111 Å². The Labute approximate surface area is 481 Å². The Hall–Kier alpha value is -6.89. The van der Waals surface area contributed by atoms with Gasteiger partial charge in [-0.05, 0) is 84.0 Å². The molecule has 0 spiro atoms. The van der Waals surface area contributed by atoms with Crippen LogP contribution in [-0.4, -0.2) is 157 Å². The van der Waals surface area contributed by atoms with Crippen LogP contribution in [0.5, 0.6) is 0 Å². The van der Waals surface area contributed by atoms with Gasteiger partial charge in [0.05, 0.1) is 60.5 Å². The normalized spacial score (nSPS) is 16.9. The molecule has 0 bridgehead atoms. The number of nitrogens with two attached hydrogens (primary N) is 2. The third kappa shape index (κ3) is 16.3. The predicted molar refractivity (Wildman–Crippen MR) is 305 cm³/mol. The number of hydrogen-bond donors (Lipinski definition) is 3. The van der Waals surface area contributed by atoms with Crippen LogP contribution in [0.3, 0.4) is 0 Å². The van der Waals surface area contributed by atoms with Crippen molar-refractivity contribution in [3.05, 3.63) is 143 Å². The Balaban J connectivity index is 0.000000239. The monoisotopic (exact) mass is 1180 g/mol. The average molecular weight is 1180 g/mol. The standard InChI is InChI=1S/C30H39F3N6O2.C29H37F3N6O3S/c1-30(2,3)26(38(15-13-22(34)17-31)29(41)37-14-7-10-23(37)19-40)28-35-27(24-16-21(32)11-12-25(24)33)36-39(28)18-20-8-5-4-6-9-20;1-29(2,3)25(37(12-11-22(33)18-30)28(39)36-13-15-42(40,41)16-14-36)27-34-26(23-17-21(31)9-10-24(23)32)35-38(27)19-20-7-5-4-6-8-20/h4-6,8-9,11-12,16,22-23,26,40H,7,10,13-15,17-19,34H2,1-3H3;4-10,17,22,25H,11-16,18-19,33H2,1-3H3/t22-,23+,26-;22-,25-/m00/s1. The summed E-state index contributed by atoms with van der Waals surface area (Å²) in [5.41, 5.74) is 12.1. The molecular weight excluding hydrogens is 1100 g/mol. The zero-order valence-electron chi connectivity index (χ0n) is 47.8. The number of carbonyl (C=O) groups excluding carboxylic acids is 2. The molecule has 0 radical (unpaired) electrons. The van der Waals surface area contributed by atoms with Gasteiger partial charge in [0.2, 0.25) is 0 Å². The van der Waals surface area contributed by atoms with Crippen LogP contribution < -0.4 is 11.5 Å². The molecule has 17 nitrogen and oxygen atoms in total. The summed E-state index contributed by atoms with van der Waals surface area (Å²) in [6, 6.07) is 20.8. The van der Waals surface area contributed by atoms with Gasteiger partial charge in [0.1, 0.15) is 36.6 Å². The molecule has 83 heavy (non-hydrogen) atoms. The summed E-state index contributed by atoms with van der Waals surface area (Å²) >= 11 is 0. The van der Waals surface area contributed by atoms with Gasteiger partial charge in [-0.3, -0.25) is 0 Å². The number of amides is 4. The highest BCUT2D eigenvalue weighted by molar-refractivity contribution is 7.91. The maximum Gasteiger partial charge on any atom is 0.320 e. The van der Waals surface area contributed by atoms with Gasteiger partial charge in [-0.1, -0.05) is 102 Å². The first-order valence-corrected chi connectivity index (χ1v) is 29.6. The molecule has 6 aromatic rings. The van der Waals surface area contributed by atoms with Gasteiger partial charge in [0.25, 0.3) is 0 Å². The van der Waals surface area contributed by atoms with Crippen LogP contribution in [0.1, 0.15) is 102 Å². The van der Waals surface area contributed by atoms with Crippen LogP contribution in [0.4, 0.5) is 35.9 Å². The van der Waals surface area contributed by atoms with Crippen LogP contribution in [0.15, 0.2) is 97.1 Å². The van der Waals surface area contributed by atoms with E-state index in [4.69, 9.17) is 21.4 Å². The first kappa shape index (κ1) is 63.7. The molecule has 2 fully saturated rings. The average Bonchev–Trinajstić information content (AvgIpc) is 4.28. The molecule has 2 aliphatic heterocycles. The molecule has 5 atom stereocenters. The van der Waals surface area contributed by atoms with E-state index in [1.54, 1.807) is 19.2 Å². The van der Waals surface area contributed by atoms with Crippen LogP contribution in [0.2, 0.25) is 0 Å². The summed E-state index contributed by atoms with van der Waals surface area (Å²) in [4.78, 5) is 43.9. The van der Waals surface area contributed by atoms with Crippen LogP contribution in [0.25, 0.3) is 22.8 Å². The number of benzene rings is 4. The van der Waals surface area contributed by atoms with Gasteiger partial charge in [0, 0.05) is 44.8 Å². The fourth-order valence-electron chi connectivity index (χ4n) is 10.4. The minimum atomic E-state index is -3.26. The quantitative estimate of drug-likeness (QED) is 0.0650. The van der Waals surface area contributed by atoms with Gasteiger partial charge in [-0.2, -0.15) is 10.2 Å². The predicted octanol–water partition coefficient (Wildman–Crippen LogP) is 9.12. The van der Waals surface area contributed by atoms with Crippen molar-refractivity contribution >= 4 is 21.9 Å². The highest BCUT2D eigenvalue weighted by Gasteiger charge is 2.44. The third-order valence-electron chi connectivity index (χ3n) is 14.7. The van der Waals surface area contributed by atoms with E-state index in [2.05, 4.69) is 10.2 Å². The molecule has 4 aromatic carbocycles. The van der Waals surface area contributed by atoms with Crippen molar-refractivity contribution in [1.82, 2.24) is 49.1 Å². The van der Waals surface area contributed by atoms with E-state index in [1.165, 1.54) is 9.80 Å². The SMILES string of the molecule is CC(C)(C)[C@H](c1nc(-c2cc(F)ccc2F)nn1Cc1ccccc1)N(CC[C@H](N)CF)C(=O)N1CCC[C@@H]1CO.CC(C)(C)[C@H](c1nc(-c2cc(F)ccc2F)nn1Cc1ccccc1)N(CC[C@H](N)CF)C(=O)N1CCS(=O)(=O)CC1. The lowest BCUT2D eigenvalue weighted by Gasteiger charge is -2.42. The second-order valence-electron chi connectivity index (χ2n) is 23.3. The second kappa shape index (κ2) is 27.7. The van der Waals surface area contributed by atoms with E-state index in [-0.39, 0.29) is 105 Å². The van der Waals surface area contributed by atoms with Crippen molar-refractivity contribution in [3.8, 4) is 22.8 Å². The number of urea groups is 2. The minimum absolute atomic E-state index is 0.00977. The topological polar surface area (TPSA) is 215 Å². The Morgan fingerprint density at radius 2 is 1.07 bits per heavy atom. The third-order valence-corrected chi connectivity index (χ3v) is 16.3. The zero-order valence-corrected chi connectivity index (χ0v) is 48.6. The first-order valence-electron chi connectivity index (χ1n) is 27.8. The van der Waals surface area contributed by atoms with E-state index in [0.29, 0.717) is 24.6 Å². The molecule has 0 aliphatic carbocycles. The van der Waals surface area contributed by atoms with E-state index in [1.807, 2.05) is 102 Å². The number of aromatic nitrogens is 6. The highest BCUT2D eigenvalue weighted by Crippen LogP contribution is 2.42. The molecule has 4 amide bonds. The molecule has 2 saturated heterocycles. The Morgan fingerprint density at radius 1 is 0.651 bits per heavy atom. The van der Waals surface area contributed by atoms with Crippen molar-refractivity contribution < 1.29 is 49.5 Å². The number of likely N-dealkylation sites (tertiary alicyclic amines) is 1. The Kier molecular flexibility index (Phi) is 21.2. The number of rotatable bonds is 19. The number of alkyl halides is 2. The van der Waals surface area contributed by atoms with E-state index < -0.39 is 87.5 Å². The fraction of sp³-hybridized carbons (Fsp3) is 0.492. The molecule has 4 heterocycles. The summed E-state index contributed by atoms with van der Waals surface area (Å²) in [6.45, 7) is 11.0. The van der Waals surface area contributed by atoms with Crippen LogP contribution in [-0.2, 0) is 22.9 Å². The van der Waals surface area contributed by atoms with Gasteiger partial charge >= 0.3 is 12.1 Å². The van der Waals surface area contributed by atoms with Gasteiger partial charge in [-0.25, -0.2) is 63.7 Å². The minimum Gasteiger partial charge on any atom is -0.394 e. The van der Waals surface area contributed by atoms with Crippen LogP contribution in [0, 0.1) is 34.1 Å². The summed E-state index contributed by atoms with van der Waals surface area (Å²) in [7, 11) is -3.26. The van der Waals surface area contributed by atoms with E-state index in [0.717, 1.165) is 53.9 Å². The lowest BCUT2D eigenvalue weighted by Crippen LogP contribution is -2.53. The lowest BCUT2D eigenvalue weighted by atomic mass is 9.84.